The van der Waals surface area contributed by atoms with Crippen molar-refractivity contribution in [3.63, 3.8) is 0 Å². The van der Waals surface area contributed by atoms with Gasteiger partial charge in [0.1, 0.15) is 0 Å². The quantitative estimate of drug-likeness (QED) is 0.466. The van der Waals surface area contributed by atoms with E-state index >= 15 is 0 Å². The standard InChI is InChI=1S/C22H32N2O5/c25-18(24-20(27)23-7-6-15-4-2-1-3-5-15)13-29-19(26)21-9-16-8-17(10-21)12-22(28,11-16)14-21/h4,16-17,28H,1-3,5-14H2,(H2,23,24,25,27)/t16-,17-,21?,22?/m0/s1. The van der Waals surface area contributed by atoms with E-state index in [-0.39, 0.29) is 0 Å². The van der Waals surface area contributed by atoms with Crippen molar-refractivity contribution in [2.45, 2.75) is 76.2 Å². The summed E-state index contributed by atoms with van der Waals surface area (Å²) < 4.78 is 5.28. The van der Waals surface area contributed by atoms with Crippen molar-refractivity contribution in [1.29, 1.82) is 0 Å². The summed E-state index contributed by atoms with van der Waals surface area (Å²) in [4.78, 5) is 36.6. The molecule has 7 nitrogen and oxygen atoms in total. The third-order valence-electron chi connectivity index (χ3n) is 7.17. The van der Waals surface area contributed by atoms with Crippen LogP contribution in [-0.4, -0.2) is 41.8 Å². The van der Waals surface area contributed by atoms with Crippen LogP contribution in [0.1, 0.15) is 70.6 Å². The van der Waals surface area contributed by atoms with Crippen molar-refractivity contribution >= 4 is 17.9 Å². The molecule has 4 fully saturated rings. The predicted molar refractivity (Wildman–Crippen MR) is 106 cm³/mol. The molecule has 0 aromatic rings. The molecule has 0 spiro atoms. The molecule has 160 valence electrons. The fourth-order valence-electron chi connectivity index (χ4n) is 6.41. The van der Waals surface area contributed by atoms with E-state index in [0.717, 1.165) is 51.4 Å². The average Bonchev–Trinajstić information content (AvgIpc) is 2.65. The number of carbonyl (C=O) groups excluding carboxylic acids is 3. The van der Waals surface area contributed by atoms with E-state index in [1.807, 2.05) is 0 Å². The third-order valence-corrected chi connectivity index (χ3v) is 7.17. The molecule has 0 aliphatic heterocycles. The van der Waals surface area contributed by atoms with Gasteiger partial charge in [-0.1, -0.05) is 11.6 Å². The molecular formula is C22H32N2O5. The van der Waals surface area contributed by atoms with E-state index in [9.17, 15) is 19.5 Å². The Labute approximate surface area is 171 Å². The van der Waals surface area contributed by atoms with Crippen LogP contribution in [0.5, 0.6) is 0 Å². The molecule has 0 aromatic heterocycles. The van der Waals surface area contributed by atoms with Crippen LogP contribution in [0, 0.1) is 17.3 Å². The van der Waals surface area contributed by atoms with Gasteiger partial charge in [0.2, 0.25) is 0 Å². The molecule has 3 N–H and O–H groups in total. The number of hydrogen-bond donors (Lipinski definition) is 3. The van der Waals surface area contributed by atoms with Gasteiger partial charge < -0.3 is 15.2 Å². The zero-order valence-electron chi connectivity index (χ0n) is 17.0. The first kappa shape index (κ1) is 20.4. The number of hydrogen-bond acceptors (Lipinski definition) is 5. The second kappa shape index (κ2) is 8.09. The first-order valence-electron chi connectivity index (χ1n) is 11.0. The number of rotatable bonds is 6. The van der Waals surface area contributed by atoms with Gasteiger partial charge in [-0.2, -0.15) is 0 Å². The van der Waals surface area contributed by atoms with Crippen LogP contribution in [0.25, 0.3) is 0 Å². The maximum atomic E-state index is 12.8. The number of carbonyl (C=O) groups is 3. The maximum absolute atomic E-state index is 12.8. The lowest BCUT2D eigenvalue weighted by Gasteiger charge is -2.58. The number of urea groups is 1. The fourth-order valence-corrected chi connectivity index (χ4v) is 6.41. The Morgan fingerprint density at radius 2 is 1.90 bits per heavy atom. The number of ether oxygens (including phenoxy) is 1. The highest BCUT2D eigenvalue weighted by atomic mass is 16.5. The zero-order chi connectivity index (χ0) is 20.5. The molecule has 3 amide bonds. The fraction of sp³-hybridized carbons (Fsp3) is 0.773. The van der Waals surface area contributed by atoms with Gasteiger partial charge in [0.15, 0.2) is 6.61 Å². The zero-order valence-corrected chi connectivity index (χ0v) is 17.0. The Hall–Kier alpha value is -1.89. The number of esters is 1. The van der Waals surface area contributed by atoms with Crippen LogP contribution in [-0.2, 0) is 14.3 Å². The Kier molecular flexibility index (Phi) is 5.69. The second-order valence-corrected chi connectivity index (χ2v) is 9.70. The first-order chi connectivity index (χ1) is 13.9. The third kappa shape index (κ3) is 4.65. The van der Waals surface area contributed by atoms with E-state index in [4.69, 9.17) is 4.74 Å². The van der Waals surface area contributed by atoms with Crippen molar-refractivity contribution in [2.24, 2.45) is 17.3 Å². The number of amides is 3. The lowest BCUT2D eigenvalue weighted by atomic mass is 9.48. The van der Waals surface area contributed by atoms with Gasteiger partial charge in [-0.25, -0.2) is 4.79 Å². The Morgan fingerprint density at radius 1 is 1.14 bits per heavy atom. The highest BCUT2D eigenvalue weighted by Gasteiger charge is 2.60. The normalized spacial score (nSPS) is 35.0. The molecular weight excluding hydrogens is 372 g/mol. The second-order valence-electron chi connectivity index (χ2n) is 9.70. The van der Waals surface area contributed by atoms with Crippen LogP contribution in [0.4, 0.5) is 4.79 Å². The molecule has 2 atom stereocenters. The Balaban J connectivity index is 1.19. The highest BCUT2D eigenvalue weighted by molar-refractivity contribution is 5.95. The monoisotopic (exact) mass is 404 g/mol. The summed E-state index contributed by atoms with van der Waals surface area (Å²) in [5.74, 6) is -0.290. The van der Waals surface area contributed by atoms with Crippen LogP contribution in [0.15, 0.2) is 11.6 Å². The van der Waals surface area contributed by atoms with Gasteiger partial charge in [-0.3, -0.25) is 14.9 Å². The average molecular weight is 405 g/mol. The van der Waals surface area contributed by atoms with E-state index in [0.29, 0.717) is 24.8 Å². The number of imide groups is 1. The number of aliphatic hydroxyl groups is 1. The summed E-state index contributed by atoms with van der Waals surface area (Å²) in [5, 5.41) is 15.6. The minimum atomic E-state index is -0.751. The summed E-state index contributed by atoms with van der Waals surface area (Å²) in [7, 11) is 0. The molecule has 4 bridgehead atoms. The van der Waals surface area contributed by atoms with Gasteiger partial charge in [-0.15, -0.1) is 0 Å². The van der Waals surface area contributed by atoms with Crippen molar-refractivity contribution in [2.75, 3.05) is 13.2 Å². The molecule has 5 aliphatic rings. The molecule has 0 unspecified atom stereocenters. The Bertz CT molecular complexity index is 702. The molecule has 7 heteroatoms. The lowest BCUT2D eigenvalue weighted by molar-refractivity contribution is -0.196. The van der Waals surface area contributed by atoms with E-state index in [1.54, 1.807) is 0 Å². The van der Waals surface area contributed by atoms with Gasteiger partial charge >= 0.3 is 12.0 Å². The van der Waals surface area contributed by atoms with Crippen LogP contribution >= 0.6 is 0 Å². The lowest BCUT2D eigenvalue weighted by Crippen LogP contribution is -2.58. The minimum Gasteiger partial charge on any atom is -0.455 e. The molecule has 0 heterocycles. The summed E-state index contributed by atoms with van der Waals surface area (Å²) in [6.45, 7) is 0.0160. The van der Waals surface area contributed by atoms with E-state index < -0.39 is 35.5 Å². The topological polar surface area (TPSA) is 105 Å². The van der Waals surface area contributed by atoms with Crippen LogP contribution < -0.4 is 10.6 Å². The summed E-state index contributed by atoms with van der Waals surface area (Å²) >= 11 is 0. The van der Waals surface area contributed by atoms with Crippen LogP contribution in [0.2, 0.25) is 0 Å². The SMILES string of the molecule is O=C(COC(=O)C12C[C@@H]3C[C@H](CC(O)(C3)C1)C2)NC(=O)NCCC1=CCCCC1. The van der Waals surface area contributed by atoms with E-state index in [2.05, 4.69) is 16.7 Å². The first-order valence-corrected chi connectivity index (χ1v) is 11.0. The van der Waals surface area contributed by atoms with Crippen molar-refractivity contribution < 1.29 is 24.2 Å². The van der Waals surface area contributed by atoms with Crippen LogP contribution in [0.3, 0.4) is 0 Å². The summed E-state index contributed by atoms with van der Waals surface area (Å²) in [6.07, 6.45) is 12.2. The number of nitrogens with one attached hydrogen (secondary N) is 2. The molecule has 0 saturated heterocycles. The molecule has 5 rings (SSSR count). The van der Waals surface area contributed by atoms with Crippen molar-refractivity contribution in [1.82, 2.24) is 10.6 Å². The van der Waals surface area contributed by atoms with Gasteiger partial charge in [0, 0.05) is 6.54 Å². The minimum absolute atomic E-state index is 0.368. The van der Waals surface area contributed by atoms with Gasteiger partial charge in [0.25, 0.3) is 5.91 Å². The highest BCUT2D eigenvalue weighted by Crippen LogP contribution is 2.61. The molecule has 0 aromatic carbocycles. The Morgan fingerprint density at radius 3 is 2.55 bits per heavy atom. The maximum Gasteiger partial charge on any atom is 0.321 e. The largest absolute Gasteiger partial charge is 0.455 e. The molecule has 4 saturated carbocycles. The van der Waals surface area contributed by atoms with Gasteiger partial charge in [-0.05, 0) is 82.5 Å². The van der Waals surface area contributed by atoms with Gasteiger partial charge in [0.05, 0.1) is 11.0 Å². The van der Waals surface area contributed by atoms with E-state index in [1.165, 1.54) is 18.4 Å². The molecule has 0 radical (unpaired) electrons. The summed E-state index contributed by atoms with van der Waals surface area (Å²) in [6, 6.07) is -0.563. The number of allylic oxidation sites excluding steroid dienone is 1. The van der Waals surface area contributed by atoms with Crippen molar-refractivity contribution in [3.05, 3.63) is 11.6 Å². The molecule has 29 heavy (non-hydrogen) atoms. The smallest absolute Gasteiger partial charge is 0.321 e. The summed E-state index contributed by atoms with van der Waals surface area (Å²) in [5.41, 5.74) is -0.0530. The van der Waals surface area contributed by atoms with Crippen molar-refractivity contribution in [3.8, 4) is 0 Å². The predicted octanol–water partition coefficient (Wildman–Crippen LogP) is 2.58. The molecule has 5 aliphatic carbocycles.